The zero-order valence-electron chi connectivity index (χ0n) is 12.5. The van der Waals surface area contributed by atoms with Crippen LogP contribution in [0.1, 0.15) is 25.7 Å². The van der Waals surface area contributed by atoms with E-state index in [1.54, 1.807) is 14.2 Å². The monoisotopic (exact) mass is 271 g/mol. The first-order chi connectivity index (χ1) is 9.29. The van der Waals surface area contributed by atoms with Crippen molar-refractivity contribution < 1.29 is 14.2 Å². The zero-order valence-corrected chi connectivity index (χ0v) is 12.5. The molecule has 2 aliphatic rings. The first kappa shape index (κ1) is 15.2. The standard InChI is InChI=1S/C15H29NO3/c1-17-6-4-16-12-15(3-5-19-8-7-18-2)10-13-9-14(13)11-15/h13-14,16H,3-12H2,1-2H3. The van der Waals surface area contributed by atoms with Gasteiger partial charge in [-0.1, -0.05) is 0 Å². The number of fused-ring (bicyclic) bond motifs is 1. The molecule has 0 heterocycles. The van der Waals surface area contributed by atoms with Gasteiger partial charge in [0.2, 0.25) is 0 Å². The van der Waals surface area contributed by atoms with E-state index in [0.29, 0.717) is 12.0 Å². The fourth-order valence-corrected chi connectivity index (χ4v) is 3.50. The predicted molar refractivity (Wildman–Crippen MR) is 75.3 cm³/mol. The molecule has 2 aliphatic carbocycles. The Kier molecular flexibility index (Phi) is 6.07. The summed E-state index contributed by atoms with van der Waals surface area (Å²) in [7, 11) is 3.47. The average Bonchev–Trinajstić information content (AvgIpc) is 3.03. The minimum absolute atomic E-state index is 0.481. The highest BCUT2D eigenvalue weighted by Gasteiger charge is 2.52. The van der Waals surface area contributed by atoms with Crippen molar-refractivity contribution in [3.8, 4) is 0 Å². The average molecular weight is 271 g/mol. The van der Waals surface area contributed by atoms with E-state index < -0.39 is 0 Å². The number of rotatable bonds is 11. The first-order valence-electron chi connectivity index (χ1n) is 7.56. The lowest BCUT2D eigenvalue weighted by Crippen LogP contribution is -2.36. The second kappa shape index (κ2) is 7.58. The van der Waals surface area contributed by atoms with E-state index >= 15 is 0 Å². The van der Waals surface area contributed by atoms with Gasteiger partial charge in [0.1, 0.15) is 0 Å². The van der Waals surface area contributed by atoms with Crippen molar-refractivity contribution >= 4 is 0 Å². The van der Waals surface area contributed by atoms with Gasteiger partial charge in [0.25, 0.3) is 0 Å². The highest BCUT2D eigenvalue weighted by atomic mass is 16.5. The fourth-order valence-electron chi connectivity index (χ4n) is 3.50. The molecule has 0 aromatic rings. The Morgan fingerprint density at radius 1 is 1.00 bits per heavy atom. The normalized spacial score (nSPS) is 32.5. The van der Waals surface area contributed by atoms with Crippen molar-refractivity contribution in [2.75, 3.05) is 53.7 Å². The summed E-state index contributed by atoms with van der Waals surface area (Å²) in [5, 5.41) is 3.56. The maximum atomic E-state index is 5.66. The fraction of sp³-hybridized carbons (Fsp3) is 1.00. The minimum atomic E-state index is 0.481. The van der Waals surface area contributed by atoms with Crippen molar-refractivity contribution in [1.29, 1.82) is 0 Å². The largest absolute Gasteiger partial charge is 0.383 e. The van der Waals surface area contributed by atoms with E-state index in [0.717, 1.165) is 44.7 Å². The molecule has 2 atom stereocenters. The molecule has 0 aromatic heterocycles. The molecule has 19 heavy (non-hydrogen) atoms. The van der Waals surface area contributed by atoms with Gasteiger partial charge in [-0.3, -0.25) is 0 Å². The Labute approximate surface area is 117 Å². The molecule has 0 radical (unpaired) electrons. The van der Waals surface area contributed by atoms with Crippen molar-refractivity contribution in [2.45, 2.75) is 25.7 Å². The van der Waals surface area contributed by atoms with Crippen molar-refractivity contribution in [3.63, 3.8) is 0 Å². The molecule has 2 saturated carbocycles. The Bertz CT molecular complexity index is 250. The van der Waals surface area contributed by atoms with Gasteiger partial charge in [-0.25, -0.2) is 0 Å². The summed E-state index contributed by atoms with van der Waals surface area (Å²) in [5.74, 6) is 2.03. The quantitative estimate of drug-likeness (QED) is 0.581. The van der Waals surface area contributed by atoms with Crippen LogP contribution in [0, 0.1) is 17.3 Å². The Hall–Kier alpha value is -0.160. The lowest BCUT2D eigenvalue weighted by molar-refractivity contribution is 0.0487. The number of methoxy groups -OCH3 is 2. The number of ether oxygens (including phenoxy) is 3. The molecule has 2 unspecified atom stereocenters. The summed E-state index contributed by atoms with van der Waals surface area (Å²) >= 11 is 0. The van der Waals surface area contributed by atoms with Crippen LogP contribution in [0.15, 0.2) is 0 Å². The minimum Gasteiger partial charge on any atom is -0.383 e. The van der Waals surface area contributed by atoms with Crippen LogP contribution in [0.4, 0.5) is 0 Å². The summed E-state index contributed by atoms with van der Waals surface area (Å²) in [5.41, 5.74) is 0.481. The lowest BCUT2D eigenvalue weighted by Gasteiger charge is -2.31. The van der Waals surface area contributed by atoms with E-state index in [4.69, 9.17) is 14.2 Å². The molecule has 0 aliphatic heterocycles. The molecule has 0 aromatic carbocycles. The van der Waals surface area contributed by atoms with Crippen LogP contribution < -0.4 is 5.32 Å². The summed E-state index contributed by atoms with van der Waals surface area (Å²) in [6.45, 7) is 5.16. The van der Waals surface area contributed by atoms with Gasteiger partial charge in [0.05, 0.1) is 19.8 Å². The third-order valence-electron chi connectivity index (χ3n) is 4.65. The zero-order chi connectivity index (χ0) is 13.6. The van der Waals surface area contributed by atoms with Crippen LogP contribution in [-0.4, -0.2) is 53.7 Å². The van der Waals surface area contributed by atoms with Gasteiger partial charge in [-0.2, -0.15) is 0 Å². The van der Waals surface area contributed by atoms with Crippen LogP contribution in [0.3, 0.4) is 0 Å². The van der Waals surface area contributed by atoms with Gasteiger partial charge in [0.15, 0.2) is 0 Å². The van der Waals surface area contributed by atoms with Gasteiger partial charge in [-0.05, 0) is 42.9 Å². The maximum Gasteiger partial charge on any atom is 0.0700 e. The summed E-state index contributed by atoms with van der Waals surface area (Å²) < 4.78 is 15.8. The predicted octanol–water partition coefficient (Wildman–Crippen LogP) is 1.69. The molecule has 1 N–H and O–H groups in total. The van der Waals surface area contributed by atoms with E-state index in [2.05, 4.69) is 5.32 Å². The van der Waals surface area contributed by atoms with Gasteiger partial charge in [-0.15, -0.1) is 0 Å². The molecular weight excluding hydrogens is 242 g/mol. The van der Waals surface area contributed by atoms with Crippen molar-refractivity contribution in [3.05, 3.63) is 0 Å². The Morgan fingerprint density at radius 2 is 1.74 bits per heavy atom. The molecule has 4 heteroatoms. The first-order valence-corrected chi connectivity index (χ1v) is 7.56. The number of hydrogen-bond acceptors (Lipinski definition) is 4. The van der Waals surface area contributed by atoms with Crippen LogP contribution in [0.2, 0.25) is 0 Å². The van der Waals surface area contributed by atoms with E-state index in [1.165, 1.54) is 25.7 Å². The maximum absolute atomic E-state index is 5.66. The highest BCUT2D eigenvalue weighted by molar-refractivity contribution is 5.04. The van der Waals surface area contributed by atoms with Crippen molar-refractivity contribution in [2.24, 2.45) is 17.3 Å². The molecule has 0 amide bonds. The van der Waals surface area contributed by atoms with Crippen LogP contribution in [-0.2, 0) is 14.2 Å². The number of nitrogens with one attached hydrogen (secondary N) is 1. The molecular formula is C15H29NO3. The molecule has 2 fully saturated rings. The lowest BCUT2D eigenvalue weighted by atomic mass is 9.80. The topological polar surface area (TPSA) is 39.7 Å². The number of hydrogen-bond donors (Lipinski definition) is 1. The molecule has 112 valence electrons. The van der Waals surface area contributed by atoms with Crippen LogP contribution >= 0.6 is 0 Å². The molecule has 4 nitrogen and oxygen atoms in total. The smallest absolute Gasteiger partial charge is 0.0700 e. The van der Waals surface area contributed by atoms with Gasteiger partial charge < -0.3 is 19.5 Å². The second-order valence-electron chi connectivity index (χ2n) is 6.19. The third kappa shape index (κ3) is 4.71. The van der Waals surface area contributed by atoms with E-state index in [9.17, 15) is 0 Å². The highest BCUT2D eigenvalue weighted by Crippen LogP contribution is 2.60. The van der Waals surface area contributed by atoms with Crippen molar-refractivity contribution in [1.82, 2.24) is 5.32 Å². The molecule has 0 bridgehead atoms. The van der Waals surface area contributed by atoms with E-state index in [-0.39, 0.29) is 0 Å². The molecule has 2 rings (SSSR count). The molecule has 0 saturated heterocycles. The summed E-state index contributed by atoms with van der Waals surface area (Å²) in [6.07, 6.45) is 5.45. The summed E-state index contributed by atoms with van der Waals surface area (Å²) in [4.78, 5) is 0. The van der Waals surface area contributed by atoms with Crippen LogP contribution in [0.25, 0.3) is 0 Å². The second-order valence-corrected chi connectivity index (χ2v) is 6.19. The SMILES string of the molecule is COCCNCC1(CCOCCOC)CC2CC2C1. The van der Waals surface area contributed by atoms with E-state index in [1.807, 2.05) is 0 Å². The van der Waals surface area contributed by atoms with Crippen LogP contribution in [0.5, 0.6) is 0 Å². The third-order valence-corrected chi connectivity index (χ3v) is 4.65. The van der Waals surface area contributed by atoms with Gasteiger partial charge in [0, 0.05) is 33.9 Å². The Morgan fingerprint density at radius 3 is 2.42 bits per heavy atom. The molecule has 0 spiro atoms. The summed E-state index contributed by atoms with van der Waals surface area (Å²) in [6, 6.07) is 0. The Balaban J connectivity index is 1.66. The van der Waals surface area contributed by atoms with Gasteiger partial charge >= 0.3 is 0 Å².